The molecule has 7 nitrogen and oxygen atoms in total. The summed E-state index contributed by atoms with van der Waals surface area (Å²) in [6.07, 6.45) is 2.46. The van der Waals surface area contributed by atoms with Crippen LogP contribution in [0.25, 0.3) is 0 Å². The maximum atomic E-state index is 13.6. The molecule has 1 aliphatic rings. The van der Waals surface area contributed by atoms with Crippen LogP contribution in [0.15, 0.2) is 90.3 Å². The summed E-state index contributed by atoms with van der Waals surface area (Å²) in [5, 5.41) is 5.64. The molecule has 0 saturated heterocycles. The summed E-state index contributed by atoms with van der Waals surface area (Å²) >= 11 is 6.41. The van der Waals surface area contributed by atoms with E-state index < -0.39 is 10.0 Å². The zero-order valence-electron chi connectivity index (χ0n) is 19.5. The molecule has 1 unspecified atom stereocenters. The molecular formula is C27H26ClN3O4S. The predicted octanol–water partition coefficient (Wildman–Crippen LogP) is 4.85. The molecule has 1 aliphatic heterocycles. The molecule has 186 valence electrons. The van der Waals surface area contributed by atoms with Gasteiger partial charge in [-0.1, -0.05) is 66.7 Å². The molecule has 4 rings (SSSR count). The van der Waals surface area contributed by atoms with Gasteiger partial charge < -0.3 is 10.6 Å². The fourth-order valence-electron chi connectivity index (χ4n) is 4.19. The van der Waals surface area contributed by atoms with Gasteiger partial charge in [0.25, 0.3) is 10.0 Å². The van der Waals surface area contributed by atoms with Crippen LogP contribution in [0.4, 0.5) is 11.4 Å². The van der Waals surface area contributed by atoms with Gasteiger partial charge in [0.2, 0.25) is 11.8 Å². The molecule has 0 saturated carbocycles. The molecule has 36 heavy (non-hydrogen) atoms. The molecule has 2 amide bonds. The monoisotopic (exact) mass is 523 g/mol. The number of fused-ring (bicyclic) bond motifs is 1. The molecular weight excluding hydrogens is 498 g/mol. The second-order valence-electron chi connectivity index (χ2n) is 8.37. The van der Waals surface area contributed by atoms with Crippen LogP contribution in [-0.2, 0) is 26.0 Å². The third-order valence-corrected chi connectivity index (χ3v) is 8.27. The summed E-state index contributed by atoms with van der Waals surface area (Å²) in [5.41, 5.74) is 2.65. The number of aryl methyl sites for hydroxylation is 1. The van der Waals surface area contributed by atoms with Gasteiger partial charge in [-0.3, -0.25) is 13.9 Å². The van der Waals surface area contributed by atoms with E-state index in [1.54, 1.807) is 24.3 Å². The topological polar surface area (TPSA) is 95.6 Å². The number of amides is 2. The van der Waals surface area contributed by atoms with Gasteiger partial charge in [-0.25, -0.2) is 8.42 Å². The molecule has 3 aromatic rings. The Labute approximate surface area is 215 Å². The number of hydrogen-bond donors (Lipinski definition) is 2. The van der Waals surface area contributed by atoms with Gasteiger partial charge in [-0.2, -0.15) is 0 Å². The maximum Gasteiger partial charge on any atom is 0.265 e. The van der Waals surface area contributed by atoms with E-state index in [0.29, 0.717) is 29.8 Å². The van der Waals surface area contributed by atoms with E-state index in [-0.39, 0.29) is 40.7 Å². The Morgan fingerprint density at radius 2 is 1.78 bits per heavy atom. The first-order chi connectivity index (χ1) is 17.3. The molecule has 9 heteroatoms. The number of para-hydroxylation sites is 1. The van der Waals surface area contributed by atoms with Gasteiger partial charge in [0.1, 0.15) is 4.90 Å². The highest BCUT2D eigenvalue weighted by Gasteiger charge is 2.34. The Bertz CT molecular complexity index is 1390. The largest absolute Gasteiger partial charge is 0.346 e. The number of nitrogens with one attached hydrogen (secondary N) is 2. The Morgan fingerprint density at radius 3 is 2.50 bits per heavy atom. The summed E-state index contributed by atoms with van der Waals surface area (Å²) in [4.78, 5) is 24.2. The SMILES string of the molecule is C=CC(=O)NC1CCN(S(=O)(=O)c2ccc(NC(=O)CCc3ccccc3)cc2Cl)c2ccccc21. The summed E-state index contributed by atoms with van der Waals surface area (Å²) in [5.74, 6) is -0.515. The molecule has 0 aromatic heterocycles. The normalized spacial score (nSPS) is 15.0. The molecule has 1 atom stereocenters. The number of benzene rings is 3. The van der Waals surface area contributed by atoms with Crippen LogP contribution in [-0.4, -0.2) is 26.8 Å². The first-order valence-corrected chi connectivity index (χ1v) is 13.3. The van der Waals surface area contributed by atoms with Crippen LogP contribution >= 0.6 is 11.6 Å². The second kappa shape index (κ2) is 11.0. The number of hydrogen-bond acceptors (Lipinski definition) is 4. The van der Waals surface area contributed by atoms with Crippen molar-refractivity contribution >= 4 is 44.8 Å². The van der Waals surface area contributed by atoms with Crippen LogP contribution in [0, 0.1) is 0 Å². The van der Waals surface area contributed by atoms with E-state index >= 15 is 0 Å². The fraction of sp³-hybridized carbons (Fsp3) is 0.185. The molecule has 0 radical (unpaired) electrons. The molecule has 0 bridgehead atoms. The lowest BCUT2D eigenvalue weighted by atomic mass is 9.98. The molecule has 2 N–H and O–H groups in total. The zero-order chi connectivity index (χ0) is 25.7. The van der Waals surface area contributed by atoms with Crippen LogP contribution in [0.5, 0.6) is 0 Å². The van der Waals surface area contributed by atoms with Gasteiger partial charge >= 0.3 is 0 Å². The lowest BCUT2D eigenvalue weighted by Gasteiger charge is -2.35. The Morgan fingerprint density at radius 1 is 1.06 bits per heavy atom. The van der Waals surface area contributed by atoms with E-state index in [1.165, 1.54) is 28.6 Å². The highest BCUT2D eigenvalue weighted by atomic mass is 35.5. The van der Waals surface area contributed by atoms with Crippen molar-refractivity contribution in [3.63, 3.8) is 0 Å². The summed E-state index contributed by atoms with van der Waals surface area (Å²) in [6, 6.07) is 20.8. The number of anilines is 2. The smallest absolute Gasteiger partial charge is 0.265 e. The van der Waals surface area contributed by atoms with Crippen LogP contribution in [0.3, 0.4) is 0 Å². The van der Waals surface area contributed by atoms with Crippen molar-refractivity contribution in [3.8, 4) is 0 Å². The molecule has 0 spiro atoms. The molecule has 0 aliphatic carbocycles. The molecule has 0 fully saturated rings. The predicted molar refractivity (Wildman–Crippen MR) is 142 cm³/mol. The first kappa shape index (κ1) is 25.5. The number of halogens is 1. The minimum atomic E-state index is -4.00. The van der Waals surface area contributed by atoms with Crippen molar-refractivity contribution in [2.75, 3.05) is 16.2 Å². The standard InChI is InChI=1S/C27H26ClN3O4S/c1-2-26(32)30-23-16-17-31(24-11-7-6-10-21(23)24)36(34,35)25-14-13-20(18-22(25)28)29-27(33)15-12-19-8-4-3-5-9-19/h2-11,13-14,18,23H,1,12,15-17H2,(H,29,33)(H,30,32). The number of carbonyl (C=O) groups is 2. The summed E-state index contributed by atoms with van der Waals surface area (Å²) < 4.78 is 28.5. The van der Waals surface area contributed by atoms with Gasteiger partial charge in [0.15, 0.2) is 0 Å². The lowest BCUT2D eigenvalue weighted by Crippen LogP contribution is -2.40. The summed E-state index contributed by atoms with van der Waals surface area (Å²) in [7, 11) is -4.00. The Balaban J connectivity index is 1.51. The maximum absolute atomic E-state index is 13.6. The van der Waals surface area contributed by atoms with Crippen molar-refractivity contribution < 1.29 is 18.0 Å². The number of carbonyl (C=O) groups excluding carboxylic acids is 2. The quantitative estimate of drug-likeness (QED) is 0.412. The average Bonchev–Trinajstić information content (AvgIpc) is 2.88. The van der Waals surface area contributed by atoms with Crippen molar-refractivity contribution in [2.45, 2.75) is 30.2 Å². The van der Waals surface area contributed by atoms with Gasteiger partial charge in [0, 0.05) is 18.7 Å². The van der Waals surface area contributed by atoms with Crippen LogP contribution < -0.4 is 14.9 Å². The Kier molecular flexibility index (Phi) is 7.76. The highest BCUT2D eigenvalue weighted by Crippen LogP contribution is 2.38. The zero-order valence-corrected chi connectivity index (χ0v) is 21.1. The van der Waals surface area contributed by atoms with Gasteiger partial charge in [-0.15, -0.1) is 0 Å². The van der Waals surface area contributed by atoms with Crippen LogP contribution in [0.2, 0.25) is 5.02 Å². The van der Waals surface area contributed by atoms with E-state index in [9.17, 15) is 18.0 Å². The second-order valence-corrected chi connectivity index (χ2v) is 10.6. The molecule has 1 heterocycles. The average molecular weight is 524 g/mol. The van der Waals surface area contributed by atoms with E-state index in [1.807, 2.05) is 30.3 Å². The van der Waals surface area contributed by atoms with E-state index in [4.69, 9.17) is 11.6 Å². The highest BCUT2D eigenvalue weighted by molar-refractivity contribution is 7.93. The van der Waals surface area contributed by atoms with Crippen molar-refractivity contribution in [2.24, 2.45) is 0 Å². The first-order valence-electron chi connectivity index (χ1n) is 11.5. The van der Waals surface area contributed by atoms with Crippen molar-refractivity contribution in [1.29, 1.82) is 0 Å². The van der Waals surface area contributed by atoms with E-state index in [2.05, 4.69) is 17.2 Å². The fourth-order valence-corrected chi connectivity index (χ4v) is 6.22. The number of rotatable bonds is 8. The van der Waals surface area contributed by atoms with Crippen molar-refractivity contribution in [1.82, 2.24) is 5.32 Å². The third-order valence-electron chi connectivity index (χ3n) is 5.97. The van der Waals surface area contributed by atoms with Crippen molar-refractivity contribution in [3.05, 3.63) is 102 Å². The van der Waals surface area contributed by atoms with Crippen LogP contribution in [0.1, 0.15) is 30.0 Å². The van der Waals surface area contributed by atoms with Gasteiger partial charge in [-0.05, 0) is 54.3 Å². The Hall–Kier alpha value is -3.62. The minimum absolute atomic E-state index is 0.00965. The van der Waals surface area contributed by atoms with Gasteiger partial charge in [0.05, 0.1) is 16.8 Å². The number of nitrogens with zero attached hydrogens (tertiary/aromatic N) is 1. The third kappa shape index (κ3) is 5.61. The number of sulfonamides is 1. The summed E-state index contributed by atoms with van der Waals surface area (Å²) in [6.45, 7) is 3.64. The minimum Gasteiger partial charge on any atom is -0.346 e. The molecule has 3 aromatic carbocycles. The lowest BCUT2D eigenvalue weighted by molar-refractivity contribution is -0.117. The van der Waals surface area contributed by atoms with E-state index in [0.717, 1.165) is 5.56 Å².